The van der Waals surface area contributed by atoms with E-state index in [0.29, 0.717) is 11.6 Å². The Morgan fingerprint density at radius 2 is 1.68 bits per heavy atom. The molecule has 0 N–H and O–H groups in total. The van der Waals surface area contributed by atoms with E-state index in [1.807, 2.05) is 0 Å². The Labute approximate surface area is 134 Å². The van der Waals surface area contributed by atoms with Gasteiger partial charge in [-0.3, -0.25) is 0 Å². The van der Waals surface area contributed by atoms with E-state index in [0.717, 1.165) is 18.4 Å². The van der Waals surface area contributed by atoms with E-state index in [1.54, 1.807) is 24.3 Å². The Hall–Kier alpha value is -1.43. The summed E-state index contributed by atoms with van der Waals surface area (Å²) in [7, 11) is -3.58. The summed E-state index contributed by atoms with van der Waals surface area (Å²) in [4.78, 5) is 0.228. The molecule has 0 aliphatic carbocycles. The van der Waals surface area contributed by atoms with Crippen molar-refractivity contribution >= 4 is 21.6 Å². The van der Waals surface area contributed by atoms with Crippen LogP contribution in [0.5, 0.6) is 0 Å². The highest BCUT2D eigenvalue weighted by molar-refractivity contribution is 7.89. The van der Waals surface area contributed by atoms with Gasteiger partial charge in [-0.15, -0.1) is 0 Å². The molecule has 1 unspecified atom stereocenters. The van der Waals surface area contributed by atoms with E-state index in [4.69, 9.17) is 11.6 Å². The Bertz CT molecular complexity index is 760. The molecule has 0 aromatic heterocycles. The SMILES string of the molecule is O=S(=O)(c1ccc(Cl)cc1)N1CCCC1c1ccc(F)cc1. The minimum absolute atomic E-state index is 0.228. The van der Waals surface area contributed by atoms with Gasteiger partial charge in [-0.25, -0.2) is 12.8 Å². The van der Waals surface area contributed by atoms with Crippen LogP contribution in [0.2, 0.25) is 5.02 Å². The summed E-state index contributed by atoms with van der Waals surface area (Å²) in [6, 6.07) is 11.9. The quantitative estimate of drug-likeness (QED) is 0.847. The molecule has 0 bridgehead atoms. The van der Waals surface area contributed by atoms with Crippen molar-refractivity contribution in [2.45, 2.75) is 23.8 Å². The zero-order chi connectivity index (χ0) is 15.7. The van der Waals surface area contributed by atoms with E-state index >= 15 is 0 Å². The van der Waals surface area contributed by atoms with Crippen molar-refractivity contribution in [2.24, 2.45) is 0 Å². The van der Waals surface area contributed by atoms with E-state index in [9.17, 15) is 12.8 Å². The third-order valence-corrected chi connectivity index (χ3v) is 6.05. The lowest BCUT2D eigenvalue weighted by Crippen LogP contribution is -2.30. The second-order valence-corrected chi connectivity index (χ2v) is 7.61. The highest BCUT2D eigenvalue weighted by Gasteiger charge is 2.36. The number of halogens is 2. The summed E-state index contributed by atoms with van der Waals surface area (Å²) in [5, 5.41) is 0.496. The van der Waals surface area contributed by atoms with Crippen molar-refractivity contribution < 1.29 is 12.8 Å². The van der Waals surface area contributed by atoms with Gasteiger partial charge in [-0.2, -0.15) is 4.31 Å². The average Bonchev–Trinajstić information content (AvgIpc) is 2.99. The maximum atomic E-state index is 13.1. The molecule has 2 aromatic carbocycles. The van der Waals surface area contributed by atoms with E-state index in [2.05, 4.69) is 0 Å². The van der Waals surface area contributed by atoms with Crippen molar-refractivity contribution in [1.29, 1.82) is 0 Å². The first-order chi connectivity index (χ1) is 10.5. The van der Waals surface area contributed by atoms with Crippen LogP contribution >= 0.6 is 11.6 Å². The lowest BCUT2D eigenvalue weighted by molar-refractivity contribution is 0.396. The molecule has 1 atom stereocenters. The second kappa shape index (κ2) is 5.99. The second-order valence-electron chi connectivity index (χ2n) is 5.28. The molecule has 1 fully saturated rings. The van der Waals surface area contributed by atoms with Gasteiger partial charge < -0.3 is 0 Å². The summed E-state index contributed by atoms with van der Waals surface area (Å²) < 4.78 is 40.2. The van der Waals surface area contributed by atoms with Crippen LogP contribution in [0.4, 0.5) is 4.39 Å². The maximum absolute atomic E-state index is 13.1. The fraction of sp³-hybridized carbons (Fsp3) is 0.250. The Kier molecular flexibility index (Phi) is 4.21. The van der Waals surface area contributed by atoms with Crippen molar-refractivity contribution in [2.75, 3.05) is 6.54 Å². The predicted molar refractivity (Wildman–Crippen MR) is 83.7 cm³/mol. The van der Waals surface area contributed by atoms with Gasteiger partial charge in [0.1, 0.15) is 5.82 Å². The molecule has 6 heteroatoms. The molecule has 116 valence electrons. The molecule has 1 aliphatic heterocycles. The molecule has 0 spiro atoms. The zero-order valence-electron chi connectivity index (χ0n) is 11.7. The fourth-order valence-corrected chi connectivity index (χ4v) is 4.60. The first-order valence-corrected chi connectivity index (χ1v) is 8.83. The third-order valence-electron chi connectivity index (χ3n) is 3.88. The highest BCUT2D eigenvalue weighted by Crippen LogP contribution is 2.36. The summed E-state index contributed by atoms with van der Waals surface area (Å²) in [6.45, 7) is 0.465. The van der Waals surface area contributed by atoms with Gasteiger partial charge in [0.15, 0.2) is 0 Å². The molecule has 0 amide bonds. The molecule has 1 heterocycles. The summed E-state index contributed by atoms with van der Waals surface area (Å²) in [6.07, 6.45) is 1.52. The first kappa shape index (κ1) is 15.5. The third kappa shape index (κ3) is 2.89. The summed E-state index contributed by atoms with van der Waals surface area (Å²) >= 11 is 5.82. The monoisotopic (exact) mass is 339 g/mol. The van der Waals surface area contributed by atoms with E-state index in [-0.39, 0.29) is 16.8 Å². The van der Waals surface area contributed by atoms with Crippen molar-refractivity contribution in [3.63, 3.8) is 0 Å². The molecule has 3 rings (SSSR count). The van der Waals surface area contributed by atoms with Gasteiger partial charge in [0.05, 0.1) is 10.9 Å². The number of hydrogen-bond donors (Lipinski definition) is 0. The van der Waals surface area contributed by atoms with Crippen molar-refractivity contribution in [3.8, 4) is 0 Å². The smallest absolute Gasteiger partial charge is 0.207 e. The van der Waals surface area contributed by atoms with Crippen molar-refractivity contribution in [3.05, 3.63) is 64.9 Å². The highest BCUT2D eigenvalue weighted by atomic mass is 35.5. The van der Waals surface area contributed by atoms with E-state index < -0.39 is 10.0 Å². The van der Waals surface area contributed by atoms with Gasteiger partial charge in [0, 0.05) is 11.6 Å². The van der Waals surface area contributed by atoms with Crippen LogP contribution in [-0.4, -0.2) is 19.3 Å². The molecule has 22 heavy (non-hydrogen) atoms. The molecule has 1 aliphatic rings. The Morgan fingerprint density at radius 3 is 2.32 bits per heavy atom. The molecule has 3 nitrogen and oxygen atoms in total. The van der Waals surface area contributed by atoms with Crippen LogP contribution in [0.1, 0.15) is 24.4 Å². The minimum atomic E-state index is -3.58. The maximum Gasteiger partial charge on any atom is 0.243 e. The molecule has 1 saturated heterocycles. The predicted octanol–water partition coefficient (Wildman–Crippen LogP) is 4.00. The molecule has 0 saturated carbocycles. The standard InChI is InChI=1S/C16H15ClFNO2S/c17-13-5-9-15(10-6-13)22(20,21)19-11-1-2-16(19)12-3-7-14(18)8-4-12/h3-10,16H,1-2,11H2. The van der Waals surface area contributed by atoms with Crippen LogP contribution < -0.4 is 0 Å². The number of sulfonamides is 1. The minimum Gasteiger partial charge on any atom is -0.207 e. The largest absolute Gasteiger partial charge is 0.243 e. The number of hydrogen-bond acceptors (Lipinski definition) is 2. The van der Waals surface area contributed by atoms with Gasteiger partial charge in [-0.05, 0) is 54.8 Å². The zero-order valence-corrected chi connectivity index (χ0v) is 13.3. The molecular weight excluding hydrogens is 325 g/mol. The molecule has 2 aromatic rings. The Balaban J connectivity index is 1.95. The van der Waals surface area contributed by atoms with Gasteiger partial charge in [0.2, 0.25) is 10.0 Å². The topological polar surface area (TPSA) is 37.4 Å². The average molecular weight is 340 g/mol. The number of nitrogens with zero attached hydrogens (tertiary/aromatic N) is 1. The lowest BCUT2D eigenvalue weighted by atomic mass is 10.1. The van der Waals surface area contributed by atoms with Gasteiger partial charge in [-0.1, -0.05) is 23.7 Å². The number of rotatable bonds is 3. The number of benzene rings is 2. The van der Waals surface area contributed by atoms with E-state index in [1.165, 1.54) is 28.6 Å². The molecular formula is C16H15ClFNO2S. The van der Waals surface area contributed by atoms with Crippen LogP contribution in [0.15, 0.2) is 53.4 Å². The van der Waals surface area contributed by atoms with Crippen LogP contribution in [0, 0.1) is 5.82 Å². The molecule has 0 radical (unpaired) electrons. The first-order valence-electron chi connectivity index (χ1n) is 7.01. The van der Waals surface area contributed by atoms with Crippen LogP contribution in [0.25, 0.3) is 0 Å². The van der Waals surface area contributed by atoms with Gasteiger partial charge >= 0.3 is 0 Å². The fourth-order valence-electron chi connectivity index (χ4n) is 2.79. The van der Waals surface area contributed by atoms with Crippen molar-refractivity contribution in [1.82, 2.24) is 4.31 Å². The summed E-state index contributed by atoms with van der Waals surface area (Å²) in [5.41, 5.74) is 0.816. The normalized spacial score (nSPS) is 19.5. The Morgan fingerprint density at radius 1 is 1.05 bits per heavy atom. The summed E-state index contributed by atoms with van der Waals surface area (Å²) in [5.74, 6) is -0.325. The van der Waals surface area contributed by atoms with Crippen LogP contribution in [-0.2, 0) is 10.0 Å². The lowest BCUT2D eigenvalue weighted by Gasteiger charge is -2.24. The van der Waals surface area contributed by atoms with Gasteiger partial charge in [0.25, 0.3) is 0 Å². The van der Waals surface area contributed by atoms with Crippen LogP contribution in [0.3, 0.4) is 0 Å².